The molecule has 0 aliphatic heterocycles. The van der Waals surface area contributed by atoms with Crippen molar-refractivity contribution >= 4 is 11.8 Å². The zero-order valence-corrected chi connectivity index (χ0v) is 11.9. The summed E-state index contributed by atoms with van der Waals surface area (Å²) in [5, 5.41) is 13.3. The van der Waals surface area contributed by atoms with Crippen LogP contribution >= 0.6 is 11.8 Å². The van der Waals surface area contributed by atoms with Crippen molar-refractivity contribution in [2.24, 2.45) is 5.92 Å². The fraction of sp³-hybridized carbons (Fsp3) is 0.615. The largest absolute Gasteiger partial charge is 0.417 e. The number of pyridine rings is 1. The number of likely N-dealkylation sites (N-methyl/N-ethyl adjacent to an activating group) is 1. The lowest BCUT2D eigenvalue weighted by Crippen LogP contribution is -2.51. The van der Waals surface area contributed by atoms with E-state index in [1.54, 1.807) is 7.05 Å². The van der Waals surface area contributed by atoms with Gasteiger partial charge in [0, 0.05) is 11.9 Å². The number of nitrogens with zero attached hydrogens (tertiary/aromatic N) is 1. The molecule has 0 bridgehead atoms. The molecule has 2 rings (SSSR count). The number of rotatable bonds is 6. The predicted molar refractivity (Wildman–Crippen MR) is 71.6 cm³/mol. The topological polar surface area (TPSA) is 45.1 Å². The molecule has 0 saturated heterocycles. The van der Waals surface area contributed by atoms with Crippen molar-refractivity contribution in [1.82, 2.24) is 10.3 Å². The van der Waals surface area contributed by atoms with Crippen LogP contribution in [0.4, 0.5) is 13.2 Å². The van der Waals surface area contributed by atoms with Gasteiger partial charge in [0.05, 0.1) is 22.7 Å². The lowest BCUT2D eigenvalue weighted by atomic mass is 9.97. The van der Waals surface area contributed by atoms with Gasteiger partial charge in [0.2, 0.25) is 0 Å². The van der Waals surface area contributed by atoms with Crippen molar-refractivity contribution in [3.8, 4) is 0 Å². The van der Waals surface area contributed by atoms with Crippen LogP contribution in [0.1, 0.15) is 18.4 Å². The Balaban J connectivity index is 2.00. The molecular weight excluding hydrogens is 289 g/mol. The van der Waals surface area contributed by atoms with E-state index >= 15 is 0 Å². The summed E-state index contributed by atoms with van der Waals surface area (Å²) in [6.07, 6.45) is -1.37. The number of aliphatic hydroxyl groups excluding tert-OH is 1. The Morgan fingerprint density at radius 3 is 2.50 bits per heavy atom. The number of alkyl halides is 3. The van der Waals surface area contributed by atoms with Gasteiger partial charge in [-0.25, -0.2) is 4.98 Å². The van der Waals surface area contributed by atoms with E-state index in [-0.39, 0.29) is 12.1 Å². The van der Waals surface area contributed by atoms with E-state index in [2.05, 4.69) is 10.3 Å². The second-order valence-electron chi connectivity index (χ2n) is 5.01. The summed E-state index contributed by atoms with van der Waals surface area (Å²) >= 11 is 1.36. The molecule has 1 aliphatic carbocycles. The fourth-order valence-electron chi connectivity index (χ4n) is 2.12. The maximum Gasteiger partial charge on any atom is 0.417 e. The number of aliphatic hydroxyl groups is 1. The van der Waals surface area contributed by atoms with E-state index in [1.165, 1.54) is 17.8 Å². The predicted octanol–water partition coefficient (Wildman–Crippen LogP) is 2.55. The Labute approximate surface area is 120 Å². The van der Waals surface area contributed by atoms with Crippen molar-refractivity contribution in [2.45, 2.75) is 29.6 Å². The average Bonchev–Trinajstić information content (AvgIpc) is 3.25. The molecule has 1 heterocycles. The van der Waals surface area contributed by atoms with Crippen molar-refractivity contribution in [3.63, 3.8) is 0 Å². The minimum absolute atomic E-state index is 0.0157. The number of aromatic nitrogens is 1. The van der Waals surface area contributed by atoms with Crippen molar-refractivity contribution < 1.29 is 18.3 Å². The second-order valence-corrected chi connectivity index (χ2v) is 6.01. The van der Waals surface area contributed by atoms with E-state index in [0.717, 1.165) is 25.1 Å². The van der Waals surface area contributed by atoms with E-state index in [9.17, 15) is 18.3 Å². The van der Waals surface area contributed by atoms with Crippen LogP contribution in [0.2, 0.25) is 0 Å². The van der Waals surface area contributed by atoms with E-state index in [1.807, 2.05) is 0 Å². The lowest BCUT2D eigenvalue weighted by Gasteiger charge is -2.31. The number of hydrogen-bond donors (Lipinski definition) is 2. The number of thioether (sulfide) groups is 1. The summed E-state index contributed by atoms with van der Waals surface area (Å²) in [5.74, 6) is 1.02. The molecule has 3 nitrogen and oxygen atoms in total. The summed E-state index contributed by atoms with van der Waals surface area (Å²) in [4.78, 5) is 3.83. The monoisotopic (exact) mass is 306 g/mol. The zero-order chi connectivity index (χ0) is 14.8. The first-order valence-corrected chi connectivity index (χ1v) is 7.36. The minimum atomic E-state index is -4.36. The normalized spacial score (nSPS) is 18.9. The van der Waals surface area contributed by atoms with Gasteiger partial charge in [0.1, 0.15) is 0 Å². The number of nitrogens with one attached hydrogen (secondary N) is 1. The van der Waals surface area contributed by atoms with Crippen LogP contribution in [-0.4, -0.2) is 35.0 Å². The molecular formula is C13H17F3N2OS. The Morgan fingerprint density at radius 2 is 2.10 bits per heavy atom. The maximum absolute atomic E-state index is 12.4. The quantitative estimate of drug-likeness (QED) is 0.793. The molecule has 2 N–H and O–H groups in total. The van der Waals surface area contributed by atoms with E-state index in [4.69, 9.17) is 0 Å². The van der Waals surface area contributed by atoms with Crippen LogP contribution in [0.5, 0.6) is 0 Å². The Hall–Kier alpha value is -0.790. The highest BCUT2D eigenvalue weighted by Crippen LogP contribution is 2.42. The summed E-state index contributed by atoms with van der Waals surface area (Å²) < 4.78 is 37.3. The SMILES string of the molecule is CNC(CO)(CSc1ccc(C(F)(F)F)cn1)C1CC1. The van der Waals surface area contributed by atoms with Crippen molar-refractivity contribution in [3.05, 3.63) is 23.9 Å². The Kier molecular flexibility index (Phi) is 4.61. The van der Waals surface area contributed by atoms with Crippen LogP contribution < -0.4 is 5.32 Å². The third-order valence-electron chi connectivity index (χ3n) is 3.68. The van der Waals surface area contributed by atoms with Crippen molar-refractivity contribution in [1.29, 1.82) is 0 Å². The van der Waals surface area contributed by atoms with Gasteiger partial charge in [0.25, 0.3) is 0 Å². The first-order chi connectivity index (χ1) is 9.41. The van der Waals surface area contributed by atoms with Crippen LogP contribution in [0, 0.1) is 5.92 Å². The Morgan fingerprint density at radius 1 is 1.40 bits per heavy atom. The molecule has 0 spiro atoms. The summed E-state index contributed by atoms with van der Waals surface area (Å²) in [6, 6.07) is 2.41. The molecule has 20 heavy (non-hydrogen) atoms. The van der Waals surface area contributed by atoms with Gasteiger partial charge >= 0.3 is 6.18 Å². The summed E-state index contributed by atoms with van der Waals surface area (Å²) in [6.45, 7) is 0.0157. The molecule has 0 radical (unpaired) electrons. The molecule has 112 valence electrons. The molecule has 1 aromatic rings. The van der Waals surface area contributed by atoms with Crippen LogP contribution in [0.15, 0.2) is 23.4 Å². The maximum atomic E-state index is 12.4. The highest BCUT2D eigenvalue weighted by molar-refractivity contribution is 7.99. The molecule has 1 fully saturated rings. The van der Waals surface area contributed by atoms with Gasteiger partial charge in [-0.15, -0.1) is 11.8 Å². The third-order valence-corrected chi connectivity index (χ3v) is 4.88. The lowest BCUT2D eigenvalue weighted by molar-refractivity contribution is -0.137. The minimum Gasteiger partial charge on any atom is -0.394 e. The van der Waals surface area contributed by atoms with Gasteiger partial charge in [-0.3, -0.25) is 0 Å². The molecule has 1 saturated carbocycles. The standard InChI is InChI=1S/C13H17F3N2OS/c1-17-12(7-19,9-2-3-9)8-20-11-5-4-10(6-18-11)13(14,15)16/h4-6,9,17,19H,2-3,7-8H2,1H3. The molecule has 7 heteroatoms. The smallest absolute Gasteiger partial charge is 0.394 e. The second kappa shape index (κ2) is 5.91. The van der Waals surface area contributed by atoms with Gasteiger partial charge in [-0.1, -0.05) is 0 Å². The molecule has 1 aromatic heterocycles. The first kappa shape index (κ1) is 15.6. The zero-order valence-electron chi connectivity index (χ0n) is 11.1. The number of hydrogen-bond acceptors (Lipinski definition) is 4. The van der Waals surface area contributed by atoms with Crippen molar-refractivity contribution in [2.75, 3.05) is 19.4 Å². The third kappa shape index (κ3) is 3.45. The van der Waals surface area contributed by atoms with Crippen LogP contribution in [0.25, 0.3) is 0 Å². The van der Waals surface area contributed by atoms with Gasteiger partial charge in [0.15, 0.2) is 0 Å². The molecule has 1 aliphatic rings. The molecule has 0 amide bonds. The highest BCUT2D eigenvalue weighted by Gasteiger charge is 2.43. The first-order valence-electron chi connectivity index (χ1n) is 6.37. The summed E-state index contributed by atoms with van der Waals surface area (Å²) in [5.41, 5.74) is -1.11. The molecule has 1 unspecified atom stereocenters. The molecule has 1 atom stereocenters. The Bertz CT molecular complexity index is 442. The van der Waals surface area contributed by atoms with Gasteiger partial charge < -0.3 is 10.4 Å². The summed E-state index contributed by atoms with van der Waals surface area (Å²) in [7, 11) is 1.80. The van der Waals surface area contributed by atoms with E-state index in [0.29, 0.717) is 16.7 Å². The average molecular weight is 306 g/mol. The van der Waals surface area contributed by atoms with E-state index < -0.39 is 11.7 Å². The fourth-order valence-corrected chi connectivity index (χ4v) is 3.29. The van der Waals surface area contributed by atoms with Gasteiger partial charge in [-0.05, 0) is 37.9 Å². The highest BCUT2D eigenvalue weighted by atomic mass is 32.2. The molecule has 0 aromatic carbocycles. The van der Waals surface area contributed by atoms with Crippen LogP contribution in [-0.2, 0) is 6.18 Å². The van der Waals surface area contributed by atoms with Gasteiger partial charge in [-0.2, -0.15) is 13.2 Å². The number of halogens is 3. The van der Waals surface area contributed by atoms with Crippen LogP contribution in [0.3, 0.4) is 0 Å².